The summed E-state index contributed by atoms with van der Waals surface area (Å²) in [6.07, 6.45) is 8.76. The number of hydrogen-bond acceptors (Lipinski definition) is 3. The first-order chi connectivity index (χ1) is 9.71. The Morgan fingerprint density at radius 3 is 1.50 bits per heavy atom. The van der Waals surface area contributed by atoms with Crippen LogP contribution in [0.4, 0.5) is 0 Å². The van der Waals surface area contributed by atoms with Gasteiger partial charge in [-0.05, 0) is 21.1 Å². The molecule has 20 heavy (non-hydrogen) atoms. The van der Waals surface area contributed by atoms with Crippen molar-refractivity contribution in [3.05, 3.63) is 60.2 Å². The SMILES string of the molecule is CN.CN.CN.C[Si](C)([C]1C=CC=C1)c1ccccc1. The molecule has 0 aromatic heterocycles. The van der Waals surface area contributed by atoms with E-state index in [1.807, 2.05) is 0 Å². The summed E-state index contributed by atoms with van der Waals surface area (Å²) < 4.78 is 0. The minimum atomic E-state index is -1.40. The predicted molar refractivity (Wildman–Crippen MR) is 95.4 cm³/mol. The second-order valence-electron chi connectivity index (χ2n) is 4.16. The van der Waals surface area contributed by atoms with Crippen LogP contribution in [0.3, 0.4) is 0 Å². The molecule has 0 saturated carbocycles. The van der Waals surface area contributed by atoms with Crippen LogP contribution >= 0.6 is 0 Å². The highest BCUT2D eigenvalue weighted by Crippen LogP contribution is 2.24. The number of allylic oxidation sites excluding steroid dienone is 4. The van der Waals surface area contributed by atoms with Crippen LogP contribution in [0.1, 0.15) is 0 Å². The molecule has 1 aromatic carbocycles. The van der Waals surface area contributed by atoms with Gasteiger partial charge in [-0.2, -0.15) is 0 Å². The van der Waals surface area contributed by atoms with E-state index in [2.05, 4.69) is 84.9 Å². The Morgan fingerprint density at radius 1 is 0.700 bits per heavy atom. The molecule has 0 aliphatic heterocycles. The highest BCUT2D eigenvalue weighted by molar-refractivity contribution is 6.95. The second kappa shape index (κ2) is 12.8. The molecule has 0 spiro atoms. The third-order valence-electron chi connectivity index (χ3n) is 2.88. The van der Waals surface area contributed by atoms with Gasteiger partial charge in [0, 0.05) is 5.54 Å². The van der Waals surface area contributed by atoms with Crippen LogP contribution in [0, 0.1) is 5.54 Å². The van der Waals surface area contributed by atoms with E-state index in [1.54, 1.807) is 0 Å². The summed E-state index contributed by atoms with van der Waals surface area (Å²) in [6, 6.07) is 10.8. The first kappa shape index (κ1) is 21.1. The van der Waals surface area contributed by atoms with Gasteiger partial charge in [0.2, 0.25) is 0 Å². The van der Waals surface area contributed by atoms with Crippen LogP contribution in [0.5, 0.6) is 0 Å². The van der Waals surface area contributed by atoms with Gasteiger partial charge in [-0.3, -0.25) is 0 Å². The highest BCUT2D eigenvalue weighted by atomic mass is 28.3. The van der Waals surface area contributed by atoms with Gasteiger partial charge >= 0.3 is 0 Å². The molecule has 0 atom stereocenters. The van der Waals surface area contributed by atoms with Crippen molar-refractivity contribution in [3.8, 4) is 0 Å². The smallest absolute Gasteiger partial charge is 0.0958 e. The summed E-state index contributed by atoms with van der Waals surface area (Å²) >= 11 is 0. The third kappa shape index (κ3) is 6.30. The van der Waals surface area contributed by atoms with E-state index in [9.17, 15) is 0 Å². The fourth-order valence-electron chi connectivity index (χ4n) is 1.81. The molecule has 113 valence electrons. The van der Waals surface area contributed by atoms with Gasteiger partial charge in [-0.1, -0.05) is 72.9 Å². The number of benzene rings is 1. The van der Waals surface area contributed by atoms with Gasteiger partial charge in [0.15, 0.2) is 0 Å². The first-order valence-electron chi connectivity index (χ1n) is 6.72. The molecule has 0 heterocycles. The van der Waals surface area contributed by atoms with Gasteiger partial charge in [0.05, 0.1) is 8.07 Å². The van der Waals surface area contributed by atoms with Crippen LogP contribution in [0.25, 0.3) is 0 Å². The van der Waals surface area contributed by atoms with Crippen molar-refractivity contribution >= 4 is 13.3 Å². The van der Waals surface area contributed by atoms with Crippen molar-refractivity contribution in [3.63, 3.8) is 0 Å². The van der Waals surface area contributed by atoms with Gasteiger partial charge in [-0.15, -0.1) is 0 Å². The minimum absolute atomic E-state index is 1.40. The molecule has 1 aliphatic carbocycles. The maximum atomic E-state index is 4.50. The Morgan fingerprint density at radius 2 is 1.10 bits per heavy atom. The molecule has 0 saturated heterocycles. The minimum Gasteiger partial charge on any atom is -0.333 e. The van der Waals surface area contributed by atoms with Crippen LogP contribution in [-0.4, -0.2) is 29.2 Å². The van der Waals surface area contributed by atoms with Crippen LogP contribution in [0.2, 0.25) is 13.1 Å². The van der Waals surface area contributed by atoms with Crippen LogP contribution < -0.4 is 22.4 Å². The van der Waals surface area contributed by atoms with Crippen molar-refractivity contribution in [2.24, 2.45) is 17.2 Å². The summed E-state index contributed by atoms with van der Waals surface area (Å²) in [5.74, 6) is 0. The molecule has 3 nitrogen and oxygen atoms in total. The van der Waals surface area contributed by atoms with Crippen molar-refractivity contribution in [2.45, 2.75) is 13.1 Å². The fourth-order valence-corrected chi connectivity index (χ4v) is 4.20. The van der Waals surface area contributed by atoms with Gasteiger partial charge in [0.1, 0.15) is 0 Å². The summed E-state index contributed by atoms with van der Waals surface area (Å²) in [7, 11) is 3.10. The lowest BCUT2D eigenvalue weighted by molar-refractivity contribution is 1.48. The molecular formula is C16H30N3Si. The second-order valence-corrected chi connectivity index (χ2v) is 8.57. The molecule has 0 bridgehead atoms. The first-order valence-corrected chi connectivity index (χ1v) is 9.72. The van der Waals surface area contributed by atoms with Gasteiger partial charge < -0.3 is 17.2 Å². The summed E-state index contributed by atoms with van der Waals surface area (Å²) in [5, 5.41) is 1.51. The monoisotopic (exact) mass is 292 g/mol. The topological polar surface area (TPSA) is 78.1 Å². The maximum Gasteiger partial charge on any atom is 0.0958 e. The molecule has 2 rings (SSSR count). The number of hydrogen-bond donors (Lipinski definition) is 3. The molecular weight excluding hydrogens is 262 g/mol. The Kier molecular flexibility index (Phi) is 13.5. The molecule has 6 N–H and O–H groups in total. The molecule has 1 radical (unpaired) electrons. The van der Waals surface area contributed by atoms with Crippen molar-refractivity contribution in [1.29, 1.82) is 0 Å². The number of nitrogens with two attached hydrogens (primary N) is 3. The lowest BCUT2D eigenvalue weighted by Crippen LogP contribution is -2.46. The van der Waals surface area contributed by atoms with E-state index in [0.717, 1.165) is 0 Å². The van der Waals surface area contributed by atoms with E-state index < -0.39 is 8.07 Å². The Balaban J connectivity index is 0. The largest absolute Gasteiger partial charge is 0.333 e. The van der Waals surface area contributed by atoms with E-state index in [1.165, 1.54) is 31.9 Å². The Labute approximate surface area is 125 Å². The van der Waals surface area contributed by atoms with E-state index in [4.69, 9.17) is 0 Å². The van der Waals surface area contributed by atoms with Crippen molar-refractivity contribution in [2.75, 3.05) is 21.1 Å². The third-order valence-corrected chi connectivity index (χ3v) is 6.43. The Hall–Kier alpha value is -1.20. The van der Waals surface area contributed by atoms with Gasteiger partial charge in [0.25, 0.3) is 0 Å². The average Bonchev–Trinajstić information content (AvgIpc) is 3.09. The van der Waals surface area contributed by atoms with Crippen molar-refractivity contribution in [1.82, 2.24) is 0 Å². The van der Waals surface area contributed by atoms with E-state index in [-0.39, 0.29) is 0 Å². The molecule has 0 unspecified atom stereocenters. The van der Waals surface area contributed by atoms with Gasteiger partial charge in [-0.25, -0.2) is 0 Å². The molecule has 0 fully saturated rings. The molecule has 4 heteroatoms. The van der Waals surface area contributed by atoms with E-state index in [0.29, 0.717) is 0 Å². The number of rotatable bonds is 2. The molecule has 0 amide bonds. The van der Waals surface area contributed by atoms with E-state index >= 15 is 0 Å². The average molecular weight is 293 g/mol. The normalized spacial score (nSPS) is 12.4. The summed E-state index contributed by atoms with van der Waals surface area (Å²) in [5.41, 5.74) is 15.0. The molecule has 1 aromatic rings. The maximum absolute atomic E-state index is 4.50. The quantitative estimate of drug-likeness (QED) is 0.724. The Bertz CT molecular complexity index is 361. The summed E-state index contributed by atoms with van der Waals surface area (Å²) in [6.45, 7) is 4.80. The standard InChI is InChI=1S/C13H15Si.3CH5N/c1-14(2,13-10-6-7-11-13)12-8-4-3-5-9-12;3*1-2/h3-11H,1-2H3;3*2H2,1H3. The molecule has 1 aliphatic rings. The lowest BCUT2D eigenvalue weighted by Gasteiger charge is -2.27. The van der Waals surface area contributed by atoms with Crippen LogP contribution in [-0.2, 0) is 0 Å². The van der Waals surface area contributed by atoms with Crippen LogP contribution in [0.15, 0.2) is 54.6 Å². The zero-order chi connectivity index (χ0) is 16.0. The fraction of sp³-hybridized carbons (Fsp3) is 0.312. The zero-order valence-electron chi connectivity index (χ0n) is 13.4. The lowest BCUT2D eigenvalue weighted by atomic mass is 10.4. The summed E-state index contributed by atoms with van der Waals surface area (Å²) in [4.78, 5) is 0. The zero-order valence-corrected chi connectivity index (χ0v) is 14.4. The van der Waals surface area contributed by atoms with Crippen molar-refractivity contribution < 1.29 is 0 Å². The highest BCUT2D eigenvalue weighted by Gasteiger charge is 2.31. The predicted octanol–water partition coefficient (Wildman–Crippen LogP) is 1.57.